The molecule has 4 rings (SSSR count). The van der Waals surface area contributed by atoms with Gasteiger partial charge < -0.3 is 24.5 Å². The Kier molecular flexibility index (Phi) is 5.98. The molecule has 1 saturated heterocycles. The minimum atomic E-state index is 0. The van der Waals surface area contributed by atoms with Crippen LogP contribution in [0.15, 0.2) is 24.5 Å². The Morgan fingerprint density at radius 3 is 2.75 bits per heavy atom. The van der Waals surface area contributed by atoms with E-state index >= 15 is 0 Å². The normalized spacial score (nSPS) is 21.2. The first kappa shape index (κ1) is 18.9. The van der Waals surface area contributed by atoms with Crippen molar-refractivity contribution in [1.82, 2.24) is 14.9 Å². The predicted molar refractivity (Wildman–Crippen MR) is 95.5 cm³/mol. The number of nitrogens with zero attached hydrogens (tertiary/aromatic N) is 2. The number of benzene rings is 1. The topological polar surface area (TPSA) is 68.5 Å². The molecule has 0 bridgehead atoms. The number of hydrogen-bond acceptors (Lipinski definition) is 5. The minimum absolute atomic E-state index is 0. The lowest BCUT2D eigenvalue weighted by Crippen LogP contribution is -2.24. The van der Waals surface area contributed by atoms with Crippen molar-refractivity contribution in [3.63, 3.8) is 0 Å². The third-order valence-electron chi connectivity index (χ3n) is 4.44. The van der Waals surface area contributed by atoms with Gasteiger partial charge in [-0.05, 0) is 31.0 Å². The molecule has 1 fully saturated rings. The first-order valence-corrected chi connectivity index (χ1v) is 7.54. The quantitative estimate of drug-likeness (QED) is 0.863. The molecule has 6 nitrogen and oxygen atoms in total. The SMILES string of the molecule is Cc1cc2c(cc1-c1nccn1[C@H]1CN[C@H](CO)C1)OCO2.Cl.Cl. The lowest BCUT2D eigenvalue weighted by atomic mass is 10.1. The first-order chi connectivity index (χ1) is 10.8. The van der Waals surface area contributed by atoms with Crippen LogP contribution in [0.2, 0.25) is 0 Å². The van der Waals surface area contributed by atoms with E-state index in [9.17, 15) is 5.11 Å². The van der Waals surface area contributed by atoms with Gasteiger partial charge in [0, 0.05) is 36.6 Å². The summed E-state index contributed by atoms with van der Waals surface area (Å²) in [5.41, 5.74) is 2.17. The van der Waals surface area contributed by atoms with Crippen LogP contribution >= 0.6 is 24.8 Å². The summed E-state index contributed by atoms with van der Waals surface area (Å²) in [6.45, 7) is 3.35. The Hall–Kier alpha value is -1.47. The zero-order chi connectivity index (χ0) is 15.1. The highest BCUT2D eigenvalue weighted by Crippen LogP contribution is 2.38. The van der Waals surface area contributed by atoms with Gasteiger partial charge in [-0.2, -0.15) is 0 Å². The first-order valence-electron chi connectivity index (χ1n) is 7.54. The van der Waals surface area contributed by atoms with Crippen molar-refractivity contribution in [1.29, 1.82) is 0 Å². The maximum atomic E-state index is 9.30. The molecule has 0 aliphatic carbocycles. The maximum absolute atomic E-state index is 9.30. The molecule has 0 radical (unpaired) electrons. The van der Waals surface area contributed by atoms with Crippen molar-refractivity contribution in [2.24, 2.45) is 0 Å². The van der Waals surface area contributed by atoms with Crippen molar-refractivity contribution < 1.29 is 14.6 Å². The second kappa shape index (κ2) is 7.61. The molecular weight excluding hydrogens is 353 g/mol. The summed E-state index contributed by atoms with van der Waals surface area (Å²) in [7, 11) is 0. The molecule has 2 atom stereocenters. The molecule has 24 heavy (non-hydrogen) atoms. The van der Waals surface area contributed by atoms with E-state index in [2.05, 4.69) is 21.8 Å². The fourth-order valence-corrected chi connectivity index (χ4v) is 3.25. The summed E-state index contributed by atoms with van der Waals surface area (Å²) >= 11 is 0. The highest BCUT2D eigenvalue weighted by molar-refractivity contribution is 5.85. The van der Waals surface area contributed by atoms with E-state index < -0.39 is 0 Å². The summed E-state index contributed by atoms with van der Waals surface area (Å²) in [6, 6.07) is 4.47. The summed E-state index contributed by atoms with van der Waals surface area (Å²) in [4.78, 5) is 4.54. The monoisotopic (exact) mass is 373 g/mol. The average Bonchev–Trinajstić information content (AvgIpc) is 3.25. The Labute approximate surface area is 153 Å². The van der Waals surface area contributed by atoms with Gasteiger partial charge in [0.05, 0.1) is 6.61 Å². The number of aliphatic hydroxyl groups excluding tert-OH is 1. The van der Waals surface area contributed by atoms with Gasteiger partial charge in [-0.3, -0.25) is 0 Å². The number of halogens is 2. The zero-order valence-corrected chi connectivity index (χ0v) is 14.9. The number of aromatic nitrogens is 2. The van der Waals surface area contributed by atoms with E-state index in [1.165, 1.54) is 0 Å². The third-order valence-corrected chi connectivity index (χ3v) is 4.44. The summed E-state index contributed by atoms with van der Waals surface area (Å²) < 4.78 is 13.1. The number of ether oxygens (including phenoxy) is 2. The molecule has 8 heteroatoms. The Balaban J connectivity index is 0.00000104. The molecule has 0 amide bonds. The Bertz CT molecular complexity index is 708. The number of hydrogen-bond donors (Lipinski definition) is 2. The maximum Gasteiger partial charge on any atom is 0.231 e. The Morgan fingerprint density at radius 1 is 1.29 bits per heavy atom. The van der Waals surface area contributed by atoms with Gasteiger partial charge >= 0.3 is 0 Å². The largest absolute Gasteiger partial charge is 0.454 e. The molecule has 2 N–H and O–H groups in total. The Morgan fingerprint density at radius 2 is 2.04 bits per heavy atom. The van der Waals surface area contributed by atoms with Crippen LogP contribution in [0.4, 0.5) is 0 Å². The average molecular weight is 374 g/mol. The molecule has 0 unspecified atom stereocenters. The fraction of sp³-hybridized carbons (Fsp3) is 0.438. The van der Waals surface area contributed by atoms with Gasteiger partial charge in [-0.1, -0.05) is 0 Å². The van der Waals surface area contributed by atoms with Gasteiger partial charge in [-0.15, -0.1) is 24.8 Å². The number of imidazole rings is 1. The lowest BCUT2D eigenvalue weighted by molar-refractivity contribution is 0.174. The second-order valence-electron chi connectivity index (χ2n) is 5.86. The van der Waals surface area contributed by atoms with Crippen LogP contribution in [-0.4, -0.2) is 40.6 Å². The molecule has 2 aliphatic rings. The number of nitrogens with one attached hydrogen (secondary N) is 1. The molecule has 132 valence electrons. The highest BCUT2D eigenvalue weighted by Gasteiger charge is 2.27. The smallest absolute Gasteiger partial charge is 0.231 e. The number of aliphatic hydroxyl groups is 1. The van der Waals surface area contributed by atoms with E-state index in [4.69, 9.17) is 9.47 Å². The van der Waals surface area contributed by atoms with Crippen LogP contribution < -0.4 is 14.8 Å². The second-order valence-corrected chi connectivity index (χ2v) is 5.86. The van der Waals surface area contributed by atoms with Gasteiger partial charge in [0.2, 0.25) is 6.79 Å². The lowest BCUT2D eigenvalue weighted by Gasteiger charge is -2.16. The molecule has 2 aliphatic heterocycles. The van der Waals surface area contributed by atoms with Crippen LogP contribution in [0.5, 0.6) is 11.5 Å². The van der Waals surface area contributed by atoms with E-state index in [1.807, 2.05) is 24.5 Å². The van der Waals surface area contributed by atoms with Crippen molar-refractivity contribution in [2.45, 2.75) is 25.4 Å². The number of aryl methyl sites for hydroxylation is 1. The highest BCUT2D eigenvalue weighted by atomic mass is 35.5. The number of rotatable bonds is 3. The zero-order valence-electron chi connectivity index (χ0n) is 13.3. The predicted octanol–water partition coefficient (Wildman–Crippen LogP) is 2.33. The standard InChI is InChI=1S/C16H19N3O3.2ClH/c1-10-4-14-15(22-9-21-14)6-13(10)16-17-2-3-19(16)12-5-11(8-20)18-7-12;;/h2-4,6,11-12,18,20H,5,7-9H2,1H3;2*1H/t11-,12+;;/m0../s1. The van der Waals surface area contributed by atoms with Crippen molar-refractivity contribution in [3.05, 3.63) is 30.1 Å². The van der Waals surface area contributed by atoms with Crippen LogP contribution in [0, 0.1) is 6.92 Å². The molecule has 2 aromatic rings. The van der Waals surface area contributed by atoms with Crippen LogP contribution in [-0.2, 0) is 0 Å². The van der Waals surface area contributed by atoms with E-state index in [1.54, 1.807) is 0 Å². The summed E-state index contributed by atoms with van der Waals surface area (Å²) in [5, 5.41) is 12.6. The van der Waals surface area contributed by atoms with Gasteiger partial charge in [0.15, 0.2) is 11.5 Å². The molecule has 1 aromatic carbocycles. The van der Waals surface area contributed by atoms with E-state index in [0.29, 0.717) is 6.04 Å². The molecule has 3 heterocycles. The molecule has 0 spiro atoms. The van der Waals surface area contributed by atoms with Gasteiger partial charge in [0.1, 0.15) is 5.82 Å². The third kappa shape index (κ3) is 3.19. The van der Waals surface area contributed by atoms with Crippen molar-refractivity contribution in [3.8, 4) is 22.9 Å². The van der Waals surface area contributed by atoms with E-state index in [-0.39, 0.29) is 44.3 Å². The number of fused-ring (bicyclic) bond motifs is 1. The summed E-state index contributed by atoms with van der Waals surface area (Å²) in [5.74, 6) is 2.50. The fourth-order valence-electron chi connectivity index (χ4n) is 3.25. The van der Waals surface area contributed by atoms with Gasteiger partial charge in [-0.25, -0.2) is 4.98 Å². The molecular formula is C16H21Cl2N3O3. The van der Waals surface area contributed by atoms with Crippen molar-refractivity contribution in [2.75, 3.05) is 19.9 Å². The summed E-state index contributed by atoms with van der Waals surface area (Å²) in [6.07, 6.45) is 4.74. The van der Waals surface area contributed by atoms with Crippen LogP contribution in [0.3, 0.4) is 0 Å². The van der Waals surface area contributed by atoms with E-state index in [0.717, 1.165) is 41.4 Å². The molecule has 1 aromatic heterocycles. The minimum Gasteiger partial charge on any atom is -0.454 e. The van der Waals surface area contributed by atoms with Gasteiger partial charge in [0.25, 0.3) is 0 Å². The van der Waals surface area contributed by atoms with Crippen LogP contribution in [0.25, 0.3) is 11.4 Å². The van der Waals surface area contributed by atoms with Crippen LogP contribution in [0.1, 0.15) is 18.0 Å². The molecule has 0 saturated carbocycles. The van der Waals surface area contributed by atoms with Crippen molar-refractivity contribution >= 4 is 24.8 Å².